The van der Waals surface area contributed by atoms with Crippen LogP contribution in [0, 0.1) is 5.92 Å². The molecule has 2 unspecified atom stereocenters. The predicted octanol–water partition coefficient (Wildman–Crippen LogP) is 2.98. The lowest BCUT2D eigenvalue weighted by molar-refractivity contribution is -0.145. The van der Waals surface area contributed by atoms with E-state index < -0.39 is 5.97 Å². The molecule has 1 saturated carbocycles. The Morgan fingerprint density at radius 3 is 2.69 bits per heavy atom. The molecule has 4 heteroatoms. The van der Waals surface area contributed by atoms with Gasteiger partial charge in [0, 0.05) is 10.8 Å². The predicted molar refractivity (Wildman–Crippen MR) is 52.4 cm³/mol. The molecule has 0 saturated heterocycles. The van der Waals surface area contributed by atoms with Crippen molar-refractivity contribution >= 4 is 28.9 Å². The first-order chi connectivity index (χ1) is 6.18. The van der Waals surface area contributed by atoms with Crippen molar-refractivity contribution in [1.29, 1.82) is 0 Å². The number of carboxylic acid groups (broad SMARTS) is 1. The average molecular weight is 217 g/mol. The summed E-state index contributed by atoms with van der Waals surface area (Å²) in [6.45, 7) is 0. The summed E-state index contributed by atoms with van der Waals surface area (Å²) in [5, 5.41) is 8.84. The van der Waals surface area contributed by atoms with Gasteiger partial charge in [-0.25, -0.2) is 0 Å². The molecule has 1 aliphatic rings. The number of rotatable bonds is 2. The largest absolute Gasteiger partial charge is 0.481 e. The number of carbonyl (C=O) groups is 1. The second-order valence-corrected chi connectivity index (χ2v) is 5.02. The molecule has 1 aromatic heterocycles. The van der Waals surface area contributed by atoms with Crippen LogP contribution >= 0.6 is 22.9 Å². The number of thiophene rings is 1. The summed E-state index contributed by atoms with van der Waals surface area (Å²) >= 11 is 7.28. The zero-order chi connectivity index (χ0) is 9.42. The Morgan fingerprint density at radius 2 is 2.31 bits per heavy atom. The van der Waals surface area contributed by atoms with Crippen molar-refractivity contribution in [3.05, 3.63) is 21.3 Å². The summed E-state index contributed by atoms with van der Waals surface area (Å²) in [6, 6.07) is 3.77. The lowest BCUT2D eigenvalue weighted by atomic mass is 9.73. The summed E-state index contributed by atoms with van der Waals surface area (Å²) in [4.78, 5) is 11.9. The van der Waals surface area contributed by atoms with Gasteiger partial charge in [0.05, 0.1) is 10.3 Å². The van der Waals surface area contributed by atoms with Crippen molar-refractivity contribution in [3.8, 4) is 0 Å². The highest BCUT2D eigenvalue weighted by atomic mass is 35.5. The van der Waals surface area contributed by atoms with Gasteiger partial charge in [-0.05, 0) is 25.0 Å². The monoisotopic (exact) mass is 216 g/mol. The van der Waals surface area contributed by atoms with Crippen LogP contribution in [0.1, 0.15) is 23.6 Å². The fourth-order valence-corrected chi connectivity index (χ4v) is 2.92. The maximum absolute atomic E-state index is 10.7. The van der Waals surface area contributed by atoms with E-state index in [1.54, 1.807) is 0 Å². The molecular weight excluding hydrogens is 208 g/mol. The quantitative estimate of drug-likeness (QED) is 0.825. The zero-order valence-corrected chi connectivity index (χ0v) is 8.44. The second-order valence-electron chi connectivity index (χ2n) is 3.27. The minimum Gasteiger partial charge on any atom is -0.481 e. The number of halogens is 1. The third kappa shape index (κ3) is 1.58. The highest BCUT2D eigenvalue weighted by Gasteiger charge is 2.38. The van der Waals surface area contributed by atoms with Gasteiger partial charge >= 0.3 is 5.97 Å². The molecule has 0 spiro atoms. The second kappa shape index (κ2) is 3.31. The molecule has 1 aromatic rings. The molecule has 2 atom stereocenters. The van der Waals surface area contributed by atoms with Gasteiger partial charge in [0.25, 0.3) is 0 Å². The summed E-state index contributed by atoms with van der Waals surface area (Å²) in [5.74, 6) is -0.662. The molecular formula is C9H9ClO2S. The van der Waals surface area contributed by atoms with Crippen LogP contribution in [0.3, 0.4) is 0 Å². The molecule has 1 aliphatic carbocycles. The van der Waals surface area contributed by atoms with E-state index in [0.717, 1.165) is 22.1 Å². The van der Waals surface area contributed by atoms with E-state index >= 15 is 0 Å². The molecule has 2 nitrogen and oxygen atoms in total. The number of carboxylic acids is 1. The summed E-state index contributed by atoms with van der Waals surface area (Å²) in [6.07, 6.45) is 1.78. The molecule has 1 fully saturated rings. The van der Waals surface area contributed by atoms with Crippen molar-refractivity contribution in [2.24, 2.45) is 5.92 Å². The first-order valence-electron chi connectivity index (χ1n) is 4.16. The Morgan fingerprint density at radius 1 is 1.54 bits per heavy atom. The fourth-order valence-electron chi connectivity index (χ4n) is 1.66. The maximum atomic E-state index is 10.7. The van der Waals surface area contributed by atoms with Gasteiger partial charge in [-0.3, -0.25) is 4.79 Å². The molecule has 70 valence electrons. The first kappa shape index (κ1) is 9.03. The van der Waals surface area contributed by atoms with E-state index in [2.05, 4.69) is 0 Å². The van der Waals surface area contributed by atoms with Gasteiger partial charge in [-0.1, -0.05) is 11.6 Å². The molecule has 2 rings (SSSR count). The molecule has 13 heavy (non-hydrogen) atoms. The smallest absolute Gasteiger partial charge is 0.307 e. The molecule has 0 radical (unpaired) electrons. The minimum absolute atomic E-state index is 0.185. The first-order valence-corrected chi connectivity index (χ1v) is 5.36. The highest BCUT2D eigenvalue weighted by Crippen LogP contribution is 2.45. The third-order valence-corrected chi connectivity index (χ3v) is 3.91. The highest BCUT2D eigenvalue weighted by molar-refractivity contribution is 7.16. The average Bonchev–Trinajstić information content (AvgIpc) is 2.32. The van der Waals surface area contributed by atoms with Crippen molar-refractivity contribution < 1.29 is 9.90 Å². The van der Waals surface area contributed by atoms with Gasteiger partial charge in [0.1, 0.15) is 0 Å². The van der Waals surface area contributed by atoms with Crippen LogP contribution < -0.4 is 0 Å². The van der Waals surface area contributed by atoms with E-state index in [-0.39, 0.29) is 11.8 Å². The zero-order valence-electron chi connectivity index (χ0n) is 6.87. The number of hydrogen-bond donors (Lipinski definition) is 1. The van der Waals surface area contributed by atoms with Crippen molar-refractivity contribution in [3.63, 3.8) is 0 Å². The summed E-state index contributed by atoms with van der Waals surface area (Å²) in [5.41, 5.74) is 0. The van der Waals surface area contributed by atoms with Crippen LogP contribution in [-0.2, 0) is 4.79 Å². The normalized spacial score (nSPS) is 26.8. The SMILES string of the molecule is O=C(O)C1CCC1c1ccc(Cl)s1. The Labute approximate surface area is 85.1 Å². The summed E-state index contributed by atoms with van der Waals surface area (Å²) in [7, 11) is 0. The van der Waals surface area contributed by atoms with Gasteiger partial charge in [-0.2, -0.15) is 0 Å². The van der Waals surface area contributed by atoms with Crippen molar-refractivity contribution in [2.45, 2.75) is 18.8 Å². The van der Waals surface area contributed by atoms with Gasteiger partial charge < -0.3 is 5.11 Å². The van der Waals surface area contributed by atoms with Gasteiger partial charge in [0.2, 0.25) is 0 Å². The van der Waals surface area contributed by atoms with Crippen LogP contribution in [0.4, 0.5) is 0 Å². The molecule has 0 aromatic carbocycles. The molecule has 0 amide bonds. The number of hydrogen-bond acceptors (Lipinski definition) is 2. The van der Waals surface area contributed by atoms with Gasteiger partial charge in [0.15, 0.2) is 0 Å². The molecule has 0 bridgehead atoms. The maximum Gasteiger partial charge on any atom is 0.307 e. The minimum atomic E-state index is -0.680. The van der Waals surface area contributed by atoms with E-state index in [1.165, 1.54) is 11.3 Å². The Bertz CT molecular complexity index is 334. The lowest BCUT2D eigenvalue weighted by Crippen LogP contribution is -2.30. The lowest BCUT2D eigenvalue weighted by Gasteiger charge is -2.32. The Kier molecular flexibility index (Phi) is 2.30. The fraction of sp³-hybridized carbons (Fsp3) is 0.444. The van der Waals surface area contributed by atoms with Crippen LogP contribution in [0.5, 0.6) is 0 Å². The Balaban J connectivity index is 2.14. The van der Waals surface area contributed by atoms with Gasteiger partial charge in [-0.15, -0.1) is 11.3 Å². The van der Waals surface area contributed by atoms with E-state index in [4.69, 9.17) is 16.7 Å². The van der Waals surface area contributed by atoms with Crippen molar-refractivity contribution in [1.82, 2.24) is 0 Å². The van der Waals surface area contributed by atoms with Crippen LogP contribution in [0.25, 0.3) is 0 Å². The van der Waals surface area contributed by atoms with Crippen molar-refractivity contribution in [2.75, 3.05) is 0 Å². The van der Waals surface area contributed by atoms with Crippen LogP contribution in [0.15, 0.2) is 12.1 Å². The van der Waals surface area contributed by atoms with E-state index in [9.17, 15) is 4.79 Å². The third-order valence-electron chi connectivity index (χ3n) is 2.55. The Hall–Kier alpha value is -0.540. The van der Waals surface area contributed by atoms with E-state index in [0.29, 0.717) is 0 Å². The topological polar surface area (TPSA) is 37.3 Å². The molecule has 1 heterocycles. The van der Waals surface area contributed by atoms with Crippen LogP contribution in [-0.4, -0.2) is 11.1 Å². The van der Waals surface area contributed by atoms with E-state index in [1.807, 2.05) is 12.1 Å². The van der Waals surface area contributed by atoms with Crippen LogP contribution in [0.2, 0.25) is 4.34 Å². The molecule has 0 aliphatic heterocycles. The standard InChI is InChI=1S/C9H9ClO2S/c10-8-4-3-7(13-8)5-1-2-6(5)9(11)12/h3-6H,1-2H2,(H,11,12). The molecule has 1 N–H and O–H groups in total. The summed E-state index contributed by atoms with van der Waals surface area (Å²) < 4.78 is 0.742. The number of aliphatic carboxylic acids is 1.